The number of aryl methyl sites for hydroxylation is 1. The van der Waals surface area contributed by atoms with Gasteiger partial charge in [0.1, 0.15) is 0 Å². The first-order valence-electron chi connectivity index (χ1n) is 6.69. The lowest BCUT2D eigenvalue weighted by atomic mass is 10.1. The minimum absolute atomic E-state index is 0.267. The lowest BCUT2D eigenvalue weighted by molar-refractivity contribution is 0.102. The second-order valence-corrected chi connectivity index (χ2v) is 5.69. The molecule has 0 unspecified atom stereocenters. The standard InChI is InChI=1S/C16H11Cl2N3O2/c1-9-20-21-16(23-9)11-4-2-10(3-5-11)15(22)19-14-7-12(17)6-13(18)8-14/h2-8H,1H3,(H,19,22). The Balaban J connectivity index is 1.77. The molecular formula is C16H11Cl2N3O2. The molecule has 1 amide bonds. The SMILES string of the molecule is Cc1nnc(-c2ccc(C(=O)Nc3cc(Cl)cc(Cl)c3)cc2)o1. The highest BCUT2D eigenvalue weighted by Crippen LogP contribution is 2.23. The quantitative estimate of drug-likeness (QED) is 0.751. The Kier molecular flexibility index (Phi) is 4.32. The molecule has 0 bridgehead atoms. The Hall–Kier alpha value is -2.37. The molecule has 0 radical (unpaired) electrons. The maximum Gasteiger partial charge on any atom is 0.255 e. The van der Waals surface area contributed by atoms with Crippen LogP contribution in [0.3, 0.4) is 0 Å². The second-order valence-electron chi connectivity index (χ2n) is 4.82. The van der Waals surface area contributed by atoms with Gasteiger partial charge in [-0.3, -0.25) is 4.79 Å². The average molecular weight is 348 g/mol. The first-order chi connectivity index (χ1) is 11.0. The van der Waals surface area contributed by atoms with Crippen LogP contribution in [0.5, 0.6) is 0 Å². The Morgan fingerprint density at radius 3 is 2.26 bits per heavy atom. The predicted molar refractivity (Wildman–Crippen MR) is 88.9 cm³/mol. The fourth-order valence-electron chi connectivity index (χ4n) is 2.01. The molecule has 7 heteroatoms. The Labute approximate surface area is 142 Å². The van der Waals surface area contributed by atoms with E-state index in [-0.39, 0.29) is 5.91 Å². The summed E-state index contributed by atoms with van der Waals surface area (Å²) in [5.41, 5.74) is 1.76. The summed E-state index contributed by atoms with van der Waals surface area (Å²) in [4.78, 5) is 12.2. The fourth-order valence-corrected chi connectivity index (χ4v) is 2.53. The van der Waals surface area contributed by atoms with Crippen molar-refractivity contribution in [2.45, 2.75) is 6.92 Å². The largest absolute Gasteiger partial charge is 0.421 e. The zero-order chi connectivity index (χ0) is 16.4. The maximum absolute atomic E-state index is 12.2. The van der Waals surface area contributed by atoms with Gasteiger partial charge in [-0.25, -0.2) is 0 Å². The van der Waals surface area contributed by atoms with Gasteiger partial charge in [0.05, 0.1) is 0 Å². The van der Waals surface area contributed by atoms with Crippen molar-refractivity contribution in [2.75, 3.05) is 5.32 Å². The lowest BCUT2D eigenvalue weighted by Gasteiger charge is -2.06. The van der Waals surface area contributed by atoms with E-state index in [1.54, 1.807) is 49.4 Å². The molecular weight excluding hydrogens is 337 g/mol. The van der Waals surface area contributed by atoms with Crippen molar-refractivity contribution in [3.63, 3.8) is 0 Å². The number of hydrogen-bond donors (Lipinski definition) is 1. The fraction of sp³-hybridized carbons (Fsp3) is 0.0625. The van der Waals surface area contributed by atoms with Crippen LogP contribution in [0.25, 0.3) is 11.5 Å². The molecule has 2 aromatic carbocycles. The van der Waals surface area contributed by atoms with E-state index in [9.17, 15) is 4.79 Å². The van der Waals surface area contributed by atoms with Gasteiger partial charge in [-0.1, -0.05) is 23.2 Å². The summed E-state index contributed by atoms with van der Waals surface area (Å²) in [6, 6.07) is 11.7. The van der Waals surface area contributed by atoms with Gasteiger partial charge in [-0.05, 0) is 42.5 Å². The van der Waals surface area contributed by atoms with Crippen molar-refractivity contribution in [3.8, 4) is 11.5 Å². The highest BCUT2D eigenvalue weighted by Gasteiger charge is 2.10. The summed E-state index contributed by atoms with van der Waals surface area (Å²) in [7, 11) is 0. The van der Waals surface area contributed by atoms with E-state index in [2.05, 4.69) is 15.5 Å². The second kappa shape index (κ2) is 6.40. The lowest BCUT2D eigenvalue weighted by Crippen LogP contribution is -2.11. The third-order valence-electron chi connectivity index (χ3n) is 3.04. The summed E-state index contributed by atoms with van der Waals surface area (Å²) >= 11 is 11.8. The summed E-state index contributed by atoms with van der Waals surface area (Å²) < 4.78 is 5.34. The minimum Gasteiger partial charge on any atom is -0.421 e. The van der Waals surface area contributed by atoms with Gasteiger partial charge in [0.15, 0.2) is 0 Å². The van der Waals surface area contributed by atoms with Crippen molar-refractivity contribution in [1.82, 2.24) is 10.2 Å². The van der Waals surface area contributed by atoms with Crippen LogP contribution in [0.15, 0.2) is 46.9 Å². The normalized spacial score (nSPS) is 10.6. The van der Waals surface area contributed by atoms with Gasteiger partial charge in [-0.15, -0.1) is 10.2 Å². The van der Waals surface area contributed by atoms with Crippen LogP contribution in [0, 0.1) is 6.92 Å². The van der Waals surface area contributed by atoms with Gasteiger partial charge in [0, 0.05) is 33.8 Å². The molecule has 0 aliphatic heterocycles. The van der Waals surface area contributed by atoms with Crippen LogP contribution in [0.1, 0.15) is 16.2 Å². The monoisotopic (exact) mass is 347 g/mol. The number of benzene rings is 2. The van der Waals surface area contributed by atoms with Crippen molar-refractivity contribution >= 4 is 34.8 Å². The number of carbonyl (C=O) groups excluding carboxylic acids is 1. The van der Waals surface area contributed by atoms with Crippen LogP contribution in [-0.2, 0) is 0 Å². The van der Waals surface area contributed by atoms with Crippen molar-refractivity contribution in [3.05, 3.63) is 64.0 Å². The molecule has 23 heavy (non-hydrogen) atoms. The summed E-state index contributed by atoms with van der Waals surface area (Å²) in [5, 5.41) is 11.4. The number of anilines is 1. The van der Waals surface area contributed by atoms with E-state index < -0.39 is 0 Å². The predicted octanol–water partition coefficient (Wildman–Crippen LogP) is 4.60. The highest BCUT2D eigenvalue weighted by atomic mass is 35.5. The number of carbonyl (C=O) groups is 1. The molecule has 0 atom stereocenters. The topological polar surface area (TPSA) is 68.0 Å². The zero-order valence-corrected chi connectivity index (χ0v) is 13.5. The highest BCUT2D eigenvalue weighted by molar-refractivity contribution is 6.35. The van der Waals surface area contributed by atoms with E-state index in [1.807, 2.05) is 0 Å². The first-order valence-corrected chi connectivity index (χ1v) is 7.45. The number of rotatable bonds is 3. The molecule has 0 saturated heterocycles. The smallest absolute Gasteiger partial charge is 0.255 e. The van der Waals surface area contributed by atoms with E-state index in [4.69, 9.17) is 27.6 Å². The van der Waals surface area contributed by atoms with Gasteiger partial charge < -0.3 is 9.73 Å². The minimum atomic E-state index is -0.267. The molecule has 0 saturated carbocycles. The van der Waals surface area contributed by atoms with Crippen LogP contribution < -0.4 is 5.32 Å². The number of amides is 1. The summed E-state index contributed by atoms with van der Waals surface area (Å²) in [5.74, 6) is 0.632. The molecule has 1 aromatic heterocycles. The third-order valence-corrected chi connectivity index (χ3v) is 3.48. The summed E-state index contributed by atoms with van der Waals surface area (Å²) in [6.07, 6.45) is 0. The molecule has 0 spiro atoms. The number of aromatic nitrogens is 2. The molecule has 1 heterocycles. The first kappa shape index (κ1) is 15.5. The van der Waals surface area contributed by atoms with Crippen molar-refractivity contribution < 1.29 is 9.21 Å². The van der Waals surface area contributed by atoms with Crippen LogP contribution in [0.4, 0.5) is 5.69 Å². The molecule has 3 aromatic rings. The van der Waals surface area contributed by atoms with Crippen molar-refractivity contribution in [1.29, 1.82) is 0 Å². The average Bonchev–Trinajstić information content (AvgIpc) is 2.93. The van der Waals surface area contributed by atoms with E-state index in [1.165, 1.54) is 0 Å². The van der Waals surface area contributed by atoms with E-state index in [0.29, 0.717) is 33.1 Å². The Bertz CT molecular complexity index is 840. The van der Waals surface area contributed by atoms with Gasteiger partial charge >= 0.3 is 0 Å². The maximum atomic E-state index is 12.2. The van der Waals surface area contributed by atoms with Crippen LogP contribution in [0.2, 0.25) is 10.0 Å². The molecule has 0 fully saturated rings. The number of nitrogens with one attached hydrogen (secondary N) is 1. The van der Waals surface area contributed by atoms with Gasteiger partial charge in [0.25, 0.3) is 5.91 Å². The number of nitrogens with zero attached hydrogens (tertiary/aromatic N) is 2. The molecule has 1 N–H and O–H groups in total. The van der Waals surface area contributed by atoms with Crippen molar-refractivity contribution in [2.24, 2.45) is 0 Å². The molecule has 5 nitrogen and oxygen atoms in total. The van der Waals surface area contributed by atoms with Gasteiger partial charge in [-0.2, -0.15) is 0 Å². The number of hydrogen-bond acceptors (Lipinski definition) is 4. The van der Waals surface area contributed by atoms with Gasteiger partial charge in [0.2, 0.25) is 11.8 Å². The third kappa shape index (κ3) is 3.70. The molecule has 0 aliphatic carbocycles. The van der Waals surface area contributed by atoms with E-state index >= 15 is 0 Å². The molecule has 3 rings (SSSR count). The zero-order valence-electron chi connectivity index (χ0n) is 12.0. The molecule has 116 valence electrons. The van der Waals surface area contributed by atoms with Crippen LogP contribution in [-0.4, -0.2) is 16.1 Å². The number of halogens is 2. The Morgan fingerprint density at radius 2 is 1.70 bits per heavy atom. The summed E-state index contributed by atoms with van der Waals surface area (Å²) in [6.45, 7) is 1.72. The molecule has 0 aliphatic rings. The van der Waals surface area contributed by atoms with Crippen LogP contribution >= 0.6 is 23.2 Å². The Morgan fingerprint density at radius 1 is 1.04 bits per heavy atom. The van der Waals surface area contributed by atoms with E-state index in [0.717, 1.165) is 5.56 Å².